The predicted molar refractivity (Wildman–Crippen MR) is 70.6 cm³/mol. The van der Waals surface area contributed by atoms with Crippen LogP contribution in [-0.2, 0) is 0 Å². The van der Waals surface area contributed by atoms with E-state index in [0.29, 0.717) is 5.92 Å². The fourth-order valence-electron chi connectivity index (χ4n) is 1.43. The lowest BCUT2D eigenvalue weighted by Gasteiger charge is -2.14. The first-order chi connectivity index (χ1) is 6.31. The van der Waals surface area contributed by atoms with Crippen LogP contribution in [0.3, 0.4) is 0 Å². The Balaban J connectivity index is 3.42. The lowest BCUT2D eigenvalue weighted by Crippen LogP contribution is -2.10. The van der Waals surface area contributed by atoms with Gasteiger partial charge in [0.1, 0.15) is 0 Å². The van der Waals surface area contributed by atoms with Gasteiger partial charge in [-0.3, -0.25) is 0 Å². The highest BCUT2D eigenvalue weighted by Gasteiger charge is 2.24. The van der Waals surface area contributed by atoms with Crippen molar-refractivity contribution >= 4 is 39.2 Å². The summed E-state index contributed by atoms with van der Waals surface area (Å²) >= 11 is 17.5. The quantitative estimate of drug-likeness (QED) is 0.425. The van der Waals surface area contributed by atoms with Crippen molar-refractivity contribution in [2.24, 2.45) is 11.8 Å². The van der Waals surface area contributed by atoms with Gasteiger partial charge in [-0.05, 0) is 24.3 Å². The van der Waals surface area contributed by atoms with Gasteiger partial charge < -0.3 is 0 Å². The van der Waals surface area contributed by atoms with Gasteiger partial charge in [-0.25, -0.2) is 0 Å². The number of halogens is 3. The molecule has 0 heterocycles. The summed E-state index contributed by atoms with van der Waals surface area (Å²) in [5.41, 5.74) is 0. The van der Waals surface area contributed by atoms with Crippen LogP contribution >= 0.6 is 33.2 Å². The van der Waals surface area contributed by atoms with Gasteiger partial charge in [0.25, 0.3) is 0 Å². The largest absolute Gasteiger partial charge is 0.341 e. The molecular formula is C10H21Cl3Si. The van der Waals surface area contributed by atoms with E-state index >= 15 is 0 Å². The van der Waals surface area contributed by atoms with Crippen LogP contribution in [0, 0.1) is 11.8 Å². The third-order valence-electron chi connectivity index (χ3n) is 2.40. The average Bonchev–Trinajstić information content (AvgIpc) is 1.99. The molecule has 0 fully saturated rings. The standard InChI is InChI=1S/C10H21Cl3Si/c1-9(2)5-4-6-10(3)7-8-14(11,12)13/h9-10H,4-8H2,1-3H3/t10-/m1/s1. The molecule has 0 N–H and O–H groups in total. The molecule has 0 aromatic heterocycles. The average molecular weight is 276 g/mol. The molecule has 0 aromatic carbocycles. The van der Waals surface area contributed by atoms with Crippen LogP contribution in [0.2, 0.25) is 6.04 Å². The zero-order valence-electron chi connectivity index (χ0n) is 9.32. The second kappa shape index (κ2) is 7.37. The molecule has 0 aromatic rings. The van der Waals surface area contributed by atoms with Gasteiger partial charge in [0, 0.05) is 0 Å². The molecule has 0 unspecified atom stereocenters. The van der Waals surface area contributed by atoms with Gasteiger partial charge in [0.2, 0.25) is 0 Å². The van der Waals surface area contributed by atoms with Gasteiger partial charge in [0.05, 0.1) is 0 Å². The van der Waals surface area contributed by atoms with E-state index in [0.717, 1.165) is 18.4 Å². The van der Waals surface area contributed by atoms with Crippen molar-refractivity contribution in [1.82, 2.24) is 0 Å². The van der Waals surface area contributed by atoms with Gasteiger partial charge in [-0.1, -0.05) is 40.0 Å². The molecule has 14 heavy (non-hydrogen) atoms. The minimum atomic E-state index is -2.36. The van der Waals surface area contributed by atoms with Crippen molar-refractivity contribution < 1.29 is 0 Å². The molecule has 0 spiro atoms. The van der Waals surface area contributed by atoms with Crippen molar-refractivity contribution in [3.05, 3.63) is 0 Å². The summed E-state index contributed by atoms with van der Waals surface area (Å²) in [7, 11) is 0. The summed E-state index contributed by atoms with van der Waals surface area (Å²) < 4.78 is 0. The van der Waals surface area contributed by atoms with Crippen LogP contribution in [0.5, 0.6) is 0 Å². The second-order valence-electron chi connectivity index (χ2n) is 4.58. The van der Waals surface area contributed by atoms with Crippen molar-refractivity contribution in [2.45, 2.75) is 52.5 Å². The Morgan fingerprint density at radius 2 is 1.50 bits per heavy atom. The van der Waals surface area contributed by atoms with Crippen molar-refractivity contribution in [1.29, 1.82) is 0 Å². The van der Waals surface area contributed by atoms with Crippen LogP contribution in [-0.4, -0.2) is 6.00 Å². The third kappa shape index (κ3) is 11.2. The fourth-order valence-corrected chi connectivity index (χ4v) is 3.23. The van der Waals surface area contributed by atoms with Crippen LogP contribution in [0.15, 0.2) is 0 Å². The maximum absolute atomic E-state index is 5.83. The SMILES string of the molecule is CC(C)CCC[C@@H](C)CC[Si](Cl)(Cl)Cl. The van der Waals surface area contributed by atoms with E-state index in [1.165, 1.54) is 19.3 Å². The Morgan fingerprint density at radius 1 is 0.929 bits per heavy atom. The summed E-state index contributed by atoms with van der Waals surface area (Å²) in [6.45, 7) is 6.78. The molecule has 0 amide bonds. The van der Waals surface area contributed by atoms with Gasteiger partial charge in [-0.2, -0.15) is 0 Å². The van der Waals surface area contributed by atoms with E-state index in [1.807, 2.05) is 0 Å². The van der Waals surface area contributed by atoms with Crippen LogP contribution in [0.25, 0.3) is 0 Å². The number of hydrogen-bond acceptors (Lipinski definition) is 0. The van der Waals surface area contributed by atoms with E-state index in [1.54, 1.807) is 0 Å². The van der Waals surface area contributed by atoms with Gasteiger partial charge >= 0.3 is 6.00 Å². The molecule has 1 atom stereocenters. The van der Waals surface area contributed by atoms with Crippen molar-refractivity contribution in [2.75, 3.05) is 0 Å². The molecule has 0 bridgehead atoms. The Kier molecular flexibility index (Phi) is 7.95. The fraction of sp³-hybridized carbons (Fsp3) is 1.00. The van der Waals surface area contributed by atoms with Crippen molar-refractivity contribution in [3.63, 3.8) is 0 Å². The van der Waals surface area contributed by atoms with Gasteiger partial charge in [-0.15, -0.1) is 33.2 Å². The lowest BCUT2D eigenvalue weighted by atomic mass is 9.98. The number of rotatable bonds is 7. The Bertz CT molecular complexity index is 143. The number of hydrogen-bond donors (Lipinski definition) is 0. The molecule has 4 heteroatoms. The van der Waals surface area contributed by atoms with E-state index in [4.69, 9.17) is 33.2 Å². The molecule has 0 radical (unpaired) electrons. The van der Waals surface area contributed by atoms with Crippen LogP contribution in [0.4, 0.5) is 0 Å². The Morgan fingerprint density at radius 3 is 1.93 bits per heavy atom. The minimum absolute atomic E-state index is 0.705. The highest BCUT2D eigenvalue weighted by Crippen LogP contribution is 2.29. The smallest absolute Gasteiger partial charge is 0.126 e. The van der Waals surface area contributed by atoms with Crippen LogP contribution in [0.1, 0.15) is 46.5 Å². The molecule has 0 rings (SSSR count). The highest BCUT2D eigenvalue weighted by atomic mass is 35.8. The first-order valence-corrected chi connectivity index (χ1v) is 10.6. The second-order valence-corrected chi connectivity index (χ2v) is 13.9. The Labute approximate surface area is 103 Å². The summed E-state index contributed by atoms with van der Waals surface area (Å²) in [6, 6.07) is -1.56. The molecule has 0 aliphatic rings. The molecule has 0 nitrogen and oxygen atoms in total. The molecule has 0 aliphatic heterocycles. The predicted octanol–water partition coefficient (Wildman–Crippen LogP) is 5.49. The first-order valence-electron chi connectivity index (χ1n) is 5.38. The first kappa shape index (κ1) is 15.1. The molecule has 0 saturated heterocycles. The summed E-state index contributed by atoms with van der Waals surface area (Å²) in [4.78, 5) is 0. The molecule has 0 saturated carbocycles. The summed E-state index contributed by atoms with van der Waals surface area (Å²) in [6.07, 6.45) is 4.96. The van der Waals surface area contributed by atoms with E-state index < -0.39 is 6.00 Å². The van der Waals surface area contributed by atoms with Crippen molar-refractivity contribution in [3.8, 4) is 0 Å². The minimum Gasteiger partial charge on any atom is -0.126 e. The third-order valence-corrected chi connectivity index (χ3v) is 4.96. The summed E-state index contributed by atoms with van der Waals surface area (Å²) in [5.74, 6) is 1.52. The van der Waals surface area contributed by atoms with E-state index in [9.17, 15) is 0 Å². The lowest BCUT2D eigenvalue weighted by molar-refractivity contribution is 0.448. The maximum Gasteiger partial charge on any atom is 0.341 e. The summed E-state index contributed by atoms with van der Waals surface area (Å²) in [5, 5.41) is 0. The monoisotopic (exact) mass is 274 g/mol. The molecule has 0 aliphatic carbocycles. The zero-order chi connectivity index (χ0) is 11.2. The van der Waals surface area contributed by atoms with E-state index in [-0.39, 0.29) is 0 Å². The Hall–Kier alpha value is 1.09. The van der Waals surface area contributed by atoms with E-state index in [2.05, 4.69) is 20.8 Å². The maximum atomic E-state index is 5.83. The van der Waals surface area contributed by atoms with Crippen LogP contribution < -0.4 is 0 Å². The topological polar surface area (TPSA) is 0 Å². The molecular weight excluding hydrogens is 255 g/mol. The normalized spacial score (nSPS) is 14.8. The zero-order valence-corrected chi connectivity index (χ0v) is 12.6. The molecule has 86 valence electrons. The van der Waals surface area contributed by atoms with Gasteiger partial charge in [0.15, 0.2) is 0 Å². The highest BCUT2D eigenvalue weighted by molar-refractivity contribution is 7.64.